The van der Waals surface area contributed by atoms with Crippen LogP contribution in [0.1, 0.15) is 44.9 Å². The SMILES string of the molecule is CN1CCCN(c2ccc(NC(=O)C34CC5CC(CC(C5)C3)C4)cc2)C1=O. The number of benzene rings is 1. The first-order valence-corrected chi connectivity index (χ1v) is 10.5. The number of hydrogen-bond donors (Lipinski definition) is 1. The second kappa shape index (κ2) is 6.25. The highest BCUT2D eigenvalue weighted by Gasteiger charge is 2.54. The first-order valence-electron chi connectivity index (χ1n) is 10.5. The fourth-order valence-corrected chi connectivity index (χ4v) is 6.48. The maximum atomic E-state index is 13.2. The van der Waals surface area contributed by atoms with E-state index in [1.54, 1.807) is 4.90 Å². The summed E-state index contributed by atoms with van der Waals surface area (Å²) in [7, 11) is 1.84. The fraction of sp³-hybridized carbons (Fsp3) is 0.636. The Morgan fingerprint density at radius 2 is 1.59 bits per heavy atom. The summed E-state index contributed by atoms with van der Waals surface area (Å²) in [5, 5.41) is 3.20. The number of nitrogens with one attached hydrogen (secondary N) is 1. The van der Waals surface area contributed by atoms with Gasteiger partial charge in [-0.25, -0.2) is 4.79 Å². The lowest BCUT2D eigenvalue weighted by atomic mass is 9.49. The van der Waals surface area contributed by atoms with Gasteiger partial charge in [-0.2, -0.15) is 0 Å². The molecule has 5 aliphatic rings. The lowest BCUT2D eigenvalue weighted by Crippen LogP contribution is -2.51. The van der Waals surface area contributed by atoms with E-state index in [-0.39, 0.29) is 17.4 Å². The molecule has 0 radical (unpaired) electrons. The molecule has 0 atom stereocenters. The van der Waals surface area contributed by atoms with Crippen LogP contribution in [-0.2, 0) is 4.79 Å². The monoisotopic (exact) mass is 367 g/mol. The quantitative estimate of drug-likeness (QED) is 0.874. The summed E-state index contributed by atoms with van der Waals surface area (Å²) in [6.45, 7) is 1.57. The van der Waals surface area contributed by atoms with Gasteiger partial charge in [-0.05, 0) is 87.0 Å². The molecule has 0 unspecified atom stereocenters. The minimum absolute atomic E-state index is 0.0478. The summed E-state index contributed by atoms with van der Waals surface area (Å²) >= 11 is 0. The topological polar surface area (TPSA) is 52.6 Å². The lowest BCUT2D eigenvalue weighted by Gasteiger charge is -2.55. The predicted octanol–water partition coefficient (Wildman–Crippen LogP) is 4.10. The van der Waals surface area contributed by atoms with Gasteiger partial charge in [-0.15, -0.1) is 0 Å². The average Bonchev–Trinajstić information content (AvgIpc) is 2.64. The van der Waals surface area contributed by atoms with Crippen LogP contribution < -0.4 is 10.2 Å². The van der Waals surface area contributed by atoms with Crippen LogP contribution in [0.5, 0.6) is 0 Å². The Morgan fingerprint density at radius 1 is 1.00 bits per heavy atom. The second-order valence-corrected chi connectivity index (χ2v) is 9.41. The van der Waals surface area contributed by atoms with Crippen LogP contribution in [0.4, 0.5) is 16.2 Å². The molecule has 4 bridgehead atoms. The summed E-state index contributed by atoms with van der Waals surface area (Å²) < 4.78 is 0. The molecular weight excluding hydrogens is 338 g/mol. The van der Waals surface area contributed by atoms with Crippen LogP contribution in [0.25, 0.3) is 0 Å². The Morgan fingerprint density at radius 3 is 2.19 bits per heavy atom. The maximum absolute atomic E-state index is 13.2. The van der Waals surface area contributed by atoms with Crippen molar-refractivity contribution in [2.45, 2.75) is 44.9 Å². The van der Waals surface area contributed by atoms with Crippen LogP contribution in [0.3, 0.4) is 0 Å². The van der Waals surface area contributed by atoms with Crippen molar-refractivity contribution >= 4 is 23.3 Å². The van der Waals surface area contributed by atoms with E-state index in [0.29, 0.717) is 0 Å². The molecule has 4 saturated carbocycles. The zero-order chi connectivity index (χ0) is 18.6. The van der Waals surface area contributed by atoms with Crippen LogP contribution in [0.15, 0.2) is 24.3 Å². The molecule has 5 fully saturated rings. The Hall–Kier alpha value is -2.04. The van der Waals surface area contributed by atoms with E-state index < -0.39 is 0 Å². The molecule has 1 aromatic rings. The number of urea groups is 1. The highest BCUT2D eigenvalue weighted by Crippen LogP contribution is 2.60. The van der Waals surface area contributed by atoms with Crippen molar-refractivity contribution < 1.29 is 9.59 Å². The molecule has 1 N–H and O–H groups in total. The van der Waals surface area contributed by atoms with Crippen LogP contribution in [0.2, 0.25) is 0 Å². The number of amides is 3. The van der Waals surface area contributed by atoms with Gasteiger partial charge >= 0.3 is 6.03 Å². The van der Waals surface area contributed by atoms with Crippen molar-refractivity contribution in [3.05, 3.63) is 24.3 Å². The highest BCUT2D eigenvalue weighted by atomic mass is 16.2. The smallest absolute Gasteiger partial charge is 0.324 e. The number of carbonyl (C=O) groups is 2. The third-order valence-corrected chi connectivity index (χ3v) is 7.39. The zero-order valence-corrected chi connectivity index (χ0v) is 16.1. The summed E-state index contributed by atoms with van der Waals surface area (Å²) in [5.41, 5.74) is 1.62. The van der Waals surface area contributed by atoms with Gasteiger partial charge in [0.15, 0.2) is 0 Å². The Kier molecular flexibility index (Phi) is 3.95. The first kappa shape index (κ1) is 17.1. The van der Waals surface area contributed by atoms with E-state index in [1.807, 2.05) is 36.2 Å². The van der Waals surface area contributed by atoms with E-state index in [9.17, 15) is 9.59 Å². The summed E-state index contributed by atoms with van der Waals surface area (Å²) in [6.07, 6.45) is 8.26. The standard InChI is InChI=1S/C22H29N3O2/c1-24-7-2-8-25(21(24)27)19-5-3-18(4-6-19)23-20(26)22-12-15-9-16(13-22)11-17(10-15)14-22/h3-6,15-17H,2,7-14H2,1H3,(H,23,26). The third kappa shape index (κ3) is 2.91. The second-order valence-electron chi connectivity index (χ2n) is 9.41. The number of nitrogens with zero attached hydrogens (tertiary/aromatic N) is 2. The van der Waals surface area contributed by atoms with Crippen LogP contribution >= 0.6 is 0 Å². The van der Waals surface area contributed by atoms with Crippen molar-refractivity contribution in [2.75, 3.05) is 30.4 Å². The van der Waals surface area contributed by atoms with Crippen molar-refractivity contribution in [2.24, 2.45) is 23.2 Å². The maximum Gasteiger partial charge on any atom is 0.324 e. The largest absolute Gasteiger partial charge is 0.327 e. The molecular formula is C22H29N3O2. The van der Waals surface area contributed by atoms with Gasteiger partial charge in [0.1, 0.15) is 0 Å². The molecule has 4 aliphatic carbocycles. The molecule has 27 heavy (non-hydrogen) atoms. The van der Waals surface area contributed by atoms with Crippen LogP contribution in [-0.4, -0.2) is 37.0 Å². The third-order valence-electron chi connectivity index (χ3n) is 7.39. The van der Waals surface area contributed by atoms with Crippen molar-refractivity contribution in [3.63, 3.8) is 0 Å². The van der Waals surface area contributed by atoms with Gasteiger partial charge in [0, 0.05) is 31.5 Å². The molecule has 0 spiro atoms. The van der Waals surface area contributed by atoms with Crippen molar-refractivity contribution in [1.29, 1.82) is 0 Å². The van der Waals surface area contributed by atoms with Gasteiger partial charge in [-0.3, -0.25) is 9.69 Å². The van der Waals surface area contributed by atoms with E-state index in [0.717, 1.165) is 67.9 Å². The van der Waals surface area contributed by atoms with Gasteiger partial charge in [0.2, 0.25) is 5.91 Å². The Labute approximate surface area is 161 Å². The number of hydrogen-bond acceptors (Lipinski definition) is 2. The van der Waals surface area contributed by atoms with E-state index in [2.05, 4.69) is 5.32 Å². The Balaban J connectivity index is 1.29. The summed E-state index contributed by atoms with van der Waals surface area (Å²) in [6, 6.07) is 7.83. The normalized spacial score (nSPS) is 34.9. The highest BCUT2D eigenvalue weighted by molar-refractivity contribution is 5.96. The molecule has 1 aliphatic heterocycles. The Bertz CT molecular complexity index is 722. The molecule has 0 aromatic heterocycles. The van der Waals surface area contributed by atoms with Gasteiger partial charge < -0.3 is 10.2 Å². The molecule has 1 saturated heterocycles. The fourth-order valence-electron chi connectivity index (χ4n) is 6.48. The number of carbonyl (C=O) groups excluding carboxylic acids is 2. The van der Waals surface area contributed by atoms with Gasteiger partial charge in [0.25, 0.3) is 0 Å². The van der Waals surface area contributed by atoms with E-state index >= 15 is 0 Å². The number of rotatable bonds is 3. The van der Waals surface area contributed by atoms with Gasteiger partial charge in [0.05, 0.1) is 5.41 Å². The molecule has 1 aromatic carbocycles. The summed E-state index contributed by atoms with van der Waals surface area (Å²) in [5.74, 6) is 2.53. The molecule has 1 heterocycles. The summed E-state index contributed by atoms with van der Waals surface area (Å²) in [4.78, 5) is 29.1. The minimum Gasteiger partial charge on any atom is -0.327 e. The zero-order valence-electron chi connectivity index (χ0n) is 16.1. The molecule has 6 rings (SSSR count). The molecule has 144 valence electrons. The first-order chi connectivity index (χ1) is 13.0. The van der Waals surface area contributed by atoms with E-state index in [4.69, 9.17) is 0 Å². The number of anilines is 2. The average molecular weight is 367 g/mol. The molecule has 5 heteroatoms. The molecule has 5 nitrogen and oxygen atoms in total. The minimum atomic E-state index is -0.126. The van der Waals surface area contributed by atoms with E-state index in [1.165, 1.54) is 19.3 Å². The molecule has 3 amide bonds. The van der Waals surface area contributed by atoms with Crippen molar-refractivity contribution in [3.8, 4) is 0 Å². The predicted molar refractivity (Wildman–Crippen MR) is 106 cm³/mol. The van der Waals surface area contributed by atoms with Crippen molar-refractivity contribution in [1.82, 2.24) is 4.90 Å². The van der Waals surface area contributed by atoms with Crippen LogP contribution in [0, 0.1) is 23.2 Å². The lowest BCUT2D eigenvalue weighted by molar-refractivity contribution is -0.140. The van der Waals surface area contributed by atoms with Gasteiger partial charge in [-0.1, -0.05) is 0 Å².